The summed E-state index contributed by atoms with van der Waals surface area (Å²) in [5, 5.41) is 12.4. The Balaban J connectivity index is 2.32. The van der Waals surface area contributed by atoms with Gasteiger partial charge in [0.25, 0.3) is 0 Å². The van der Waals surface area contributed by atoms with Gasteiger partial charge in [-0.2, -0.15) is 10.2 Å². The number of rotatable bonds is 3. The summed E-state index contributed by atoms with van der Waals surface area (Å²) in [7, 11) is 0. The molecule has 0 aromatic carbocycles. The molecule has 0 spiro atoms. The van der Waals surface area contributed by atoms with Crippen molar-refractivity contribution in [1.29, 1.82) is 0 Å². The van der Waals surface area contributed by atoms with Crippen molar-refractivity contribution in [2.75, 3.05) is 5.73 Å². The Labute approximate surface area is 115 Å². The number of aromatic nitrogens is 6. The minimum absolute atomic E-state index is 0.169. The normalized spacial score (nSPS) is 11.3. The summed E-state index contributed by atoms with van der Waals surface area (Å²) in [4.78, 5) is 8.34. The van der Waals surface area contributed by atoms with E-state index >= 15 is 0 Å². The standard InChI is InChI=1S/C13H15N7/c1-4-8-5-9(18-17-8)11-10-12(14)15-6-16-13(10)20(19-11)7(2)3/h4-7H,1H2,2-3H3,(H,17,18)(H2,14,15,16). The van der Waals surface area contributed by atoms with Crippen LogP contribution in [0, 0.1) is 0 Å². The maximum Gasteiger partial charge on any atom is 0.164 e. The zero-order valence-corrected chi connectivity index (χ0v) is 11.3. The third-order valence-corrected chi connectivity index (χ3v) is 3.07. The highest BCUT2D eigenvalue weighted by atomic mass is 15.3. The summed E-state index contributed by atoms with van der Waals surface area (Å²) in [6.07, 6.45) is 3.12. The van der Waals surface area contributed by atoms with E-state index < -0.39 is 0 Å². The first-order valence-corrected chi connectivity index (χ1v) is 6.28. The number of nitrogen functional groups attached to an aromatic ring is 1. The molecule has 102 valence electrons. The largest absolute Gasteiger partial charge is 0.383 e. The van der Waals surface area contributed by atoms with Crippen LogP contribution < -0.4 is 5.73 Å². The van der Waals surface area contributed by atoms with Crippen LogP contribution in [0.4, 0.5) is 5.82 Å². The molecule has 0 bridgehead atoms. The number of hydrogen-bond donors (Lipinski definition) is 2. The van der Waals surface area contributed by atoms with Crippen LogP contribution in [0.1, 0.15) is 25.6 Å². The number of fused-ring (bicyclic) bond motifs is 1. The van der Waals surface area contributed by atoms with Gasteiger partial charge >= 0.3 is 0 Å². The number of nitrogens with one attached hydrogen (secondary N) is 1. The Morgan fingerprint density at radius 1 is 1.40 bits per heavy atom. The summed E-state index contributed by atoms with van der Waals surface area (Å²) in [5.74, 6) is 0.409. The molecule has 0 saturated heterocycles. The van der Waals surface area contributed by atoms with Crippen LogP contribution in [0.2, 0.25) is 0 Å². The lowest BCUT2D eigenvalue weighted by Gasteiger charge is -2.05. The van der Waals surface area contributed by atoms with E-state index in [9.17, 15) is 0 Å². The van der Waals surface area contributed by atoms with E-state index in [-0.39, 0.29) is 6.04 Å². The number of nitrogens with two attached hydrogens (primary N) is 1. The van der Waals surface area contributed by atoms with Gasteiger partial charge < -0.3 is 5.73 Å². The fraction of sp³-hybridized carbons (Fsp3) is 0.231. The minimum atomic E-state index is 0.169. The van der Waals surface area contributed by atoms with Crippen molar-refractivity contribution >= 4 is 22.9 Å². The SMILES string of the molecule is C=Cc1cc(-c2nn(C(C)C)c3ncnc(N)c23)[nH]n1. The molecule has 7 nitrogen and oxygen atoms in total. The predicted octanol–water partition coefficient (Wildman–Crippen LogP) is 2.02. The lowest BCUT2D eigenvalue weighted by atomic mass is 10.2. The highest BCUT2D eigenvalue weighted by Gasteiger charge is 2.19. The van der Waals surface area contributed by atoms with Crippen LogP contribution in [0.15, 0.2) is 19.0 Å². The fourth-order valence-corrected chi connectivity index (χ4v) is 2.11. The van der Waals surface area contributed by atoms with Crippen LogP contribution in [0.25, 0.3) is 28.5 Å². The Hall–Kier alpha value is -2.70. The molecule has 3 N–H and O–H groups in total. The van der Waals surface area contributed by atoms with E-state index in [1.54, 1.807) is 6.08 Å². The van der Waals surface area contributed by atoms with Crippen LogP contribution in [-0.4, -0.2) is 29.9 Å². The van der Waals surface area contributed by atoms with Crippen molar-refractivity contribution in [3.05, 3.63) is 24.7 Å². The number of hydrogen-bond acceptors (Lipinski definition) is 5. The zero-order valence-electron chi connectivity index (χ0n) is 11.3. The Morgan fingerprint density at radius 3 is 2.85 bits per heavy atom. The molecular weight excluding hydrogens is 254 g/mol. The van der Waals surface area contributed by atoms with Gasteiger partial charge in [-0.1, -0.05) is 6.58 Å². The Morgan fingerprint density at radius 2 is 2.20 bits per heavy atom. The van der Waals surface area contributed by atoms with E-state index in [0.29, 0.717) is 11.5 Å². The molecule has 3 aromatic rings. The van der Waals surface area contributed by atoms with E-state index in [1.807, 2.05) is 24.6 Å². The molecule has 7 heteroatoms. The molecule has 0 aliphatic heterocycles. The van der Waals surface area contributed by atoms with Gasteiger partial charge in [-0.25, -0.2) is 14.6 Å². The lowest BCUT2D eigenvalue weighted by Crippen LogP contribution is -2.04. The van der Waals surface area contributed by atoms with Crippen LogP contribution in [-0.2, 0) is 0 Å². The number of H-pyrrole nitrogens is 1. The van der Waals surface area contributed by atoms with Gasteiger partial charge in [0.1, 0.15) is 17.8 Å². The van der Waals surface area contributed by atoms with Crippen LogP contribution in [0.3, 0.4) is 0 Å². The summed E-state index contributed by atoms with van der Waals surface area (Å²) < 4.78 is 1.83. The van der Waals surface area contributed by atoms with Gasteiger partial charge in [-0.05, 0) is 26.0 Å². The number of anilines is 1. The van der Waals surface area contributed by atoms with Crippen molar-refractivity contribution in [2.45, 2.75) is 19.9 Å². The first-order valence-electron chi connectivity index (χ1n) is 6.28. The smallest absolute Gasteiger partial charge is 0.164 e. The lowest BCUT2D eigenvalue weighted by molar-refractivity contribution is 0.547. The van der Waals surface area contributed by atoms with Crippen molar-refractivity contribution < 1.29 is 0 Å². The average Bonchev–Trinajstić information content (AvgIpc) is 3.02. The van der Waals surface area contributed by atoms with Gasteiger partial charge in [0, 0.05) is 6.04 Å². The highest BCUT2D eigenvalue weighted by molar-refractivity contribution is 5.97. The highest BCUT2D eigenvalue weighted by Crippen LogP contribution is 2.30. The van der Waals surface area contributed by atoms with E-state index in [1.165, 1.54) is 6.33 Å². The van der Waals surface area contributed by atoms with Gasteiger partial charge in [0.2, 0.25) is 0 Å². The first kappa shape index (κ1) is 12.3. The maximum atomic E-state index is 5.99. The van der Waals surface area contributed by atoms with Gasteiger partial charge in [0.15, 0.2) is 5.65 Å². The third kappa shape index (κ3) is 1.75. The van der Waals surface area contributed by atoms with Crippen LogP contribution in [0.5, 0.6) is 0 Å². The van der Waals surface area contributed by atoms with Gasteiger partial charge in [-0.3, -0.25) is 5.10 Å². The second-order valence-corrected chi connectivity index (χ2v) is 4.76. The van der Waals surface area contributed by atoms with Gasteiger partial charge in [0.05, 0.1) is 16.8 Å². The monoisotopic (exact) mass is 269 g/mol. The molecule has 0 saturated carbocycles. The molecule has 0 unspecified atom stereocenters. The molecule has 3 heterocycles. The Kier molecular flexibility index (Phi) is 2.74. The van der Waals surface area contributed by atoms with Crippen LogP contribution >= 0.6 is 0 Å². The second kappa shape index (κ2) is 4.44. The first-order chi connectivity index (χ1) is 9.61. The number of aromatic amines is 1. The zero-order chi connectivity index (χ0) is 14.3. The molecule has 0 radical (unpaired) electrons. The minimum Gasteiger partial charge on any atom is -0.383 e. The van der Waals surface area contributed by atoms with Crippen molar-refractivity contribution in [1.82, 2.24) is 29.9 Å². The summed E-state index contributed by atoms with van der Waals surface area (Å²) in [6.45, 7) is 7.77. The molecule has 0 aliphatic rings. The van der Waals surface area contributed by atoms with Crippen molar-refractivity contribution in [3.8, 4) is 11.4 Å². The molecule has 3 rings (SSSR count). The molecular formula is C13H15N7. The quantitative estimate of drug-likeness (QED) is 0.758. The second-order valence-electron chi connectivity index (χ2n) is 4.76. The van der Waals surface area contributed by atoms with Gasteiger partial charge in [-0.15, -0.1) is 0 Å². The summed E-state index contributed by atoms with van der Waals surface area (Å²) in [5.41, 5.74) is 8.93. The van der Waals surface area contributed by atoms with E-state index in [0.717, 1.165) is 22.4 Å². The predicted molar refractivity (Wildman–Crippen MR) is 77.8 cm³/mol. The molecule has 0 amide bonds. The molecule has 0 aliphatic carbocycles. The van der Waals surface area contributed by atoms with Crippen molar-refractivity contribution in [2.24, 2.45) is 0 Å². The average molecular weight is 269 g/mol. The topological polar surface area (TPSA) is 98.3 Å². The molecule has 0 atom stereocenters. The Bertz CT molecular complexity index is 781. The maximum absolute atomic E-state index is 5.99. The third-order valence-electron chi connectivity index (χ3n) is 3.07. The molecule has 20 heavy (non-hydrogen) atoms. The summed E-state index contributed by atoms with van der Waals surface area (Å²) >= 11 is 0. The number of nitrogens with zero attached hydrogens (tertiary/aromatic N) is 5. The fourth-order valence-electron chi connectivity index (χ4n) is 2.11. The van der Waals surface area contributed by atoms with Crippen molar-refractivity contribution in [3.63, 3.8) is 0 Å². The van der Waals surface area contributed by atoms with E-state index in [2.05, 4.69) is 31.8 Å². The van der Waals surface area contributed by atoms with E-state index in [4.69, 9.17) is 5.73 Å². The summed E-state index contributed by atoms with van der Waals surface area (Å²) in [6, 6.07) is 2.04. The molecule has 3 aromatic heterocycles. The molecule has 0 fully saturated rings.